The summed E-state index contributed by atoms with van der Waals surface area (Å²) in [6.45, 7) is 0.147. The van der Waals surface area contributed by atoms with Gasteiger partial charge in [0.05, 0.1) is 11.6 Å². The summed E-state index contributed by atoms with van der Waals surface area (Å²) >= 11 is 1.52. The molecule has 124 valence electrons. The molecule has 25 heavy (non-hydrogen) atoms. The minimum atomic E-state index is -0.739. The summed E-state index contributed by atoms with van der Waals surface area (Å²) in [7, 11) is 0. The van der Waals surface area contributed by atoms with Crippen LogP contribution in [0.1, 0.15) is 22.1 Å². The van der Waals surface area contributed by atoms with E-state index in [0.717, 1.165) is 20.5 Å². The average molecular weight is 348 g/mol. The van der Waals surface area contributed by atoms with Gasteiger partial charge < -0.3 is 10.4 Å². The largest absolute Gasteiger partial charge is 0.386 e. The highest BCUT2D eigenvalue weighted by Gasteiger charge is 2.12. The zero-order chi connectivity index (χ0) is 17.6. The monoisotopic (exact) mass is 348 g/mol. The summed E-state index contributed by atoms with van der Waals surface area (Å²) in [5.74, 6) is -0.289. The number of carbonyl (C=O) groups excluding carboxylic acids is 1. The molecular formula is C20H16N2O2S. The normalized spacial score (nSPS) is 12.2. The molecule has 1 atom stereocenters. The van der Waals surface area contributed by atoms with Crippen molar-refractivity contribution in [2.75, 3.05) is 6.54 Å². The highest BCUT2D eigenvalue weighted by molar-refractivity contribution is 7.19. The lowest BCUT2D eigenvalue weighted by Crippen LogP contribution is -2.26. The van der Waals surface area contributed by atoms with Crippen molar-refractivity contribution in [1.29, 1.82) is 5.26 Å². The Labute approximate surface area is 149 Å². The molecule has 3 rings (SSSR count). The smallest absolute Gasteiger partial charge is 0.244 e. The number of aliphatic hydroxyl groups is 1. The van der Waals surface area contributed by atoms with Crippen molar-refractivity contribution in [3.8, 4) is 6.07 Å². The molecular weight excluding hydrogens is 332 g/mol. The van der Waals surface area contributed by atoms with Gasteiger partial charge in [-0.1, -0.05) is 30.3 Å². The van der Waals surface area contributed by atoms with E-state index in [2.05, 4.69) is 11.4 Å². The van der Waals surface area contributed by atoms with Gasteiger partial charge in [-0.05, 0) is 41.3 Å². The van der Waals surface area contributed by atoms with Gasteiger partial charge in [0.2, 0.25) is 5.91 Å². The van der Waals surface area contributed by atoms with E-state index in [1.54, 1.807) is 24.3 Å². The molecule has 0 aliphatic heterocycles. The van der Waals surface area contributed by atoms with Crippen molar-refractivity contribution in [1.82, 2.24) is 5.32 Å². The van der Waals surface area contributed by atoms with Crippen molar-refractivity contribution in [2.24, 2.45) is 0 Å². The third kappa shape index (κ3) is 4.32. The number of rotatable bonds is 5. The number of nitrogens with one attached hydrogen (secondary N) is 1. The summed E-state index contributed by atoms with van der Waals surface area (Å²) in [5, 5.41) is 22.9. The molecule has 0 spiro atoms. The molecule has 0 fully saturated rings. The van der Waals surface area contributed by atoms with Crippen molar-refractivity contribution < 1.29 is 9.90 Å². The predicted octanol–water partition coefficient (Wildman–Crippen LogP) is 3.64. The highest BCUT2D eigenvalue weighted by atomic mass is 32.1. The molecule has 2 aromatic carbocycles. The summed E-state index contributed by atoms with van der Waals surface area (Å²) in [6, 6.07) is 18.9. The Hall–Kier alpha value is -2.94. The van der Waals surface area contributed by atoms with Crippen LogP contribution in [0, 0.1) is 11.3 Å². The minimum absolute atomic E-state index is 0.147. The number of nitrogens with zero attached hydrogens (tertiary/aromatic N) is 1. The van der Waals surface area contributed by atoms with Crippen LogP contribution in [0.2, 0.25) is 0 Å². The van der Waals surface area contributed by atoms with Gasteiger partial charge in [0, 0.05) is 22.2 Å². The quantitative estimate of drug-likeness (QED) is 0.692. The van der Waals surface area contributed by atoms with Crippen LogP contribution in [0.3, 0.4) is 0 Å². The van der Waals surface area contributed by atoms with Crippen molar-refractivity contribution >= 4 is 33.4 Å². The van der Waals surface area contributed by atoms with E-state index in [-0.39, 0.29) is 12.5 Å². The summed E-state index contributed by atoms with van der Waals surface area (Å²) in [6.07, 6.45) is 2.30. The minimum Gasteiger partial charge on any atom is -0.386 e. The standard InChI is InChI=1S/C20H16N2O2S/c21-12-15-5-3-4-14(10-15)8-9-20(24)22-13-17(23)19-11-16-6-1-2-7-18(16)25-19/h1-11,17,23H,13H2,(H,22,24)/b9-8+. The number of amides is 1. The van der Waals surface area contributed by atoms with Crippen molar-refractivity contribution in [3.63, 3.8) is 0 Å². The van der Waals surface area contributed by atoms with Gasteiger partial charge in [-0.2, -0.15) is 5.26 Å². The van der Waals surface area contributed by atoms with E-state index in [4.69, 9.17) is 5.26 Å². The van der Waals surface area contributed by atoms with Crippen LogP contribution in [0.15, 0.2) is 60.7 Å². The van der Waals surface area contributed by atoms with Crippen molar-refractivity contribution in [2.45, 2.75) is 6.10 Å². The Morgan fingerprint density at radius 2 is 2.08 bits per heavy atom. The Bertz CT molecular complexity index is 936. The number of carbonyl (C=O) groups is 1. The Morgan fingerprint density at radius 1 is 1.24 bits per heavy atom. The zero-order valence-corrected chi connectivity index (χ0v) is 14.2. The second-order valence-electron chi connectivity index (χ2n) is 5.52. The van der Waals surface area contributed by atoms with E-state index >= 15 is 0 Å². The molecule has 3 aromatic rings. The molecule has 0 aliphatic rings. The maximum absolute atomic E-state index is 11.9. The molecule has 2 N–H and O–H groups in total. The third-order valence-electron chi connectivity index (χ3n) is 3.69. The SMILES string of the molecule is N#Cc1cccc(/C=C/C(=O)NCC(O)c2cc3ccccc3s2)c1. The van der Waals surface area contributed by atoms with E-state index in [0.29, 0.717) is 5.56 Å². The van der Waals surface area contributed by atoms with Gasteiger partial charge in [-0.15, -0.1) is 11.3 Å². The number of fused-ring (bicyclic) bond motifs is 1. The topological polar surface area (TPSA) is 73.1 Å². The Morgan fingerprint density at radius 3 is 2.88 bits per heavy atom. The molecule has 0 radical (unpaired) electrons. The molecule has 1 unspecified atom stereocenters. The lowest BCUT2D eigenvalue weighted by molar-refractivity contribution is -0.116. The highest BCUT2D eigenvalue weighted by Crippen LogP contribution is 2.29. The fourth-order valence-corrected chi connectivity index (χ4v) is 3.46. The number of hydrogen-bond donors (Lipinski definition) is 2. The summed E-state index contributed by atoms with van der Waals surface area (Å²) < 4.78 is 1.11. The molecule has 0 saturated heterocycles. The summed E-state index contributed by atoms with van der Waals surface area (Å²) in [5.41, 5.74) is 1.32. The van der Waals surface area contributed by atoms with Crippen LogP contribution in [0.5, 0.6) is 0 Å². The number of nitriles is 1. The molecule has 0 saturated carbocycles. The molecule has 1 heterocycles. The molecule has 0 aliphatic carbocycles. The lowest BCUT2D eigenvalue weighted by Gasteiger charge is -2.08. The Kier molecular flexibility index (Phi) is 5.24. The van der Waals surface area contributed by atoms with Gasteiger partial charge in [0.15, 0.2) is 0 Å². The van der Waals surface area contributed by atoms with Crippen LogP contribution in [-0.4, -0.2) is 17.6 Å². The number of aliphatic hydroxyl groups excluding tert-OH is 1. The summed E-state index contributed by atoms with van der Waals surface area (Å²) in [4.78, 5) is 12.7. The second-order valence-corrected chi connectivity index (χ2v) is 6.63. The van der Waals surface area contributed by atoms with Crippen LogP contribution < -0.4 is 5.32 Å². The van der Waals surface area contributed by atoms with Gasteiger partial charge in [-0.25, -0.2) is 0 Å². The van der Waals surface area contributed by atoms with Crippen LogP contribution in [0.25, 0.3) is 16.2 Å². The van der Waals surface area contributed by atoms with Crippen LogP contribution >= 0.6 is 11.3 Å². The average Bonchev–Trinajstić information content (AvgIpc) is 3.09. The maximum atomic E-state index is 11.9. The van der Waals surface area contributed by atoms with Crippen molar-refractivity contribution in [3.05, 3.63) is 76.7 Å². The van der Waals surface area contributed by atoms with Crippen LogP contribution in [-0.2, 0) is 4.79 Å². The third-order valence-corrected chi connectivity index (χ3v) is 4.90. The van der Waals surface area contributed by atoms with E-state index < -0.39 is 6.10 Å². The van der Waals surface area contributed by atoms with E-state index in [1.807, 2.05) is 36.4 Å². The molecule has 1 amide bonds. The first-order chi connectivity index (χ1) is 12.2. The first-order valence-corrected chi connectivity index (χ1v) is 8.60. The molecule has 4 nitrogen and oxygen atoms in total. The lowest BCUT2D eigenvalue weighted by atomic mass is 10.1. The predicted molar refractivity (Wildman–Crippen MR) is 100.0 cm³/mol. The number of thiophene rings is 1. The first-order valence-electron chi connectivity index (χ1n) is 7.78. The fourth-order valence-electron chi connectivity index (χ4n) is 2.41. The van der Waals surface area contributed by atoms with E-state index in [9.17, 15) is 9.90 Å². The Balaban J connectivity index is 1.57. The first kappa shape index (κ1) is 16.9. The van der Waals surface area contributed by atoms with Crippen LogP contribution in [0.4, 0.5) is 0 Å². The molecule has 1 aromatic heterocycles. The molecule has 0 bridgehead atoms. The van der Waals surface area contributed by atoms with Gasteiger partial charge in [0.25, 0.3) is 0 Å². The van der Waals surface area contributed by atoms with Gasteiger partial charge in [0.1, 0.15) is 6.10 Å². The van der Waals surface area contributed by atoms with E-state index in [1.165, 1.54) is 17.4 Å². The van der Waals surface area contributed by atoms with Gasteiger partial charge in [-0.3, -0.25) is 4.79 Å². The second kappa shape index (κ2) is 7.75. The molecule has 5 heteroatoms. The maximum Gasteiger partial charge on any atom is 0.244 e. The van der Waals surface area contributed by atoms with Gasteiger partial charge >= 0.3 is 0 Å². The number of hydrogen-bond acceptors (Lipinski definition) is 4. The fraction of sp³-hybridized carbons (Fsp3) is 0.100. The zero-order valence-electron chi connectivity index (χ0n) is 13.3. The number of benzene rings is 2.